The van der Waals surface area contributed by atoms with Gasteiger partial charge in [-0.3, -0.25) is 9.59 Å². The minimum absolute atomic E-state index is 0.0686. The lowest BCUT2D eigenvalue weighted by atomic mass is 9.92. The lowest BCUT2D eigenvalue weighted by Gasteiger charge is -2.16. The van der Waals surface area contributed by atoms with Crippen LogP contribution in [0.5, 0.6) is 0 Å². The number of hydrogen-bond donors (Lipinski definition) is 2. The number of carbonyl (C=O) groups is 2. The van der Waals surface area contributed by atoms with Gasteiger partial charge < -0.3 is 15.2 Å². The van der Waals surface area contributed by atoms with E-state index in [1.165, 1.54) is 0 Å². The molecule has 0 aliphatic heterocycles. The van der Waals surface area contributed by atoms with Gasteiger partial charge in [0.05, 0.1) is 6.54 Å². The van der Waals surface area contributed by atoms with Crippen LogP contribution in [-0.2, 0) is 9.59 Å². The van der Waals surface area contributed by atoms with Crippen LogP contribution in [0.1, 0.15) is 33.0 Å². The lowest BCUT2D eigenvalue weighted by Crippen LogP contribution is -2.34. The zero-order valence-corrected chi connectivity index (χ0v) is 11.2. The van der Waals surface area contributed by atoms with Gasteiger partial charge in [-0.2, -0.15) is 0 Å². The number of aromatic nitrogens is 1. The molecule has 18 heavy (non-hydrogen) atoms. The minimum Gasteiger partial charge on any atom is -0.360 e. The molecule has 0 saturated heterocycles. The largest absolute Gasteiger partial charge is 0.360 e. The number of amides is 2. The molecular formula is C12H19N3O3. The third-order valence-electron chi connectivity index (χ3n) is 2.03. The normalized spacial score (nSPS) is 11.1. The predicted molar refractivity (Wildman–Crippen MR) is 67.0 cm³/mol. The summed E-state index contributed by atoms with van der Waals surface area (Å²) in [6.45, 7) is 7.55. The number of aryl methyl sites for hydroxylation is 1. The molecule has 6 nitrogen and oxygen atoms in total. The monoisotopic (exact) mass is 253 g/mol. The van der Waals surface area contributed by atoms with Gasteiger partial charge in [0.1, 0.15) is 5.76 Å². The van der Waals surface area contributed by atoms with E-state index >= 15 is 0 Å². The van der Waals surface area contributed by atoms with Crippen molar-refractivity contribution in [1.29, 1.82) is 0 Å². The molecular weight excluding hydrogens is 234 g/mol. The highest BCUT2D eigenvalue weighted by molar-refractivity contribution is 5.93. The van der Waals surface area contributed by atoms with Gasteiger partial charge in [0.15, 0.2) is 5.82 Å². The number of hydrogen-bond acceptors (Lipinski definition) is 4. The molecule has 1 rings (SSSR count). The Hall–Kier alpha value is -1.85. The van der Waals surface area contributed by atoms with E-state index in [9.17, 15) is 9.59 Å². The molecule has 0 atom stereocenters. The second kappa shape index (κ2) is 5.66. The van der Waals surface area contributed by atoms with Crippen LogP contribution >= 0.6 is 0 Å². The van der Waals surface area contributed by atoms with E-state index in [0.717, 1.165) is 0 Å². The van der Waals surface area contributed by atoms with Gasteiger partial charge in [-0.25, -0.2) is 0 Å². The van der Waals surface area contributed by atoms with Crippen LogP contribution in [-0.4, -0.2) is 23.5 Å². The molecule has 0 aliphatic rings. The fourth-order valence-corrected chi connectivity index (χ4v) is 1.34. The standard InChI is InChI=1S/C12H19N3O3/c1-8-5-9(15-18-8)14-11(17)7-13-10(16)6-12(2,3)4/h5H,6-7H2,1-4H3,(H,13,16)(H,14,15,17). The van der Waals surface area contributed by atoms with Crippen molar-refractivity contribution in [3.63, 3.8) is 0 Å². The average Bonchev–Trinajstić information content (AvgIpc) is 2.58. The molecule has 0 fully saturated rings. The molecule has 6 heteroatoms. The van der Waals surface area contributed by atoms with Crippen LogP contribution in [0.3, 0.4) is 0 Å². The number of rotatable bonds is 4. The molecule has 100 valence electrons. The van der Waals surface area contributed by atoms with E-state index in [1.54, 1.807) is 13.0 Å². The molecule has 0 aromatic carbocycles. The maximum absolute atomic E-state index is 11.5. The van der Waals surface area contributed by atoms with E-state index in [4.69, 9.17) is 4.52 Å². The van der Waals surface area contributed by atoms with Crippen molar-refractivity contribution < 1.29 is 14.1 Å². The first kappa shape index (κ1) is 14.2. The topological polar surface area (TPSA) is 84.2 Å². The van der Waals surface area contributed by atoms with Crippen LogP contribution in [0.2, 0.25) is 0 Å². The van der Waals surface area contributed by atoms with E-state index in [1.807, 2.05) is 20.8 Å². The van der Waals surface area contributed by atoms with Crippen LogP contribution in [0.25, 0.3) is 0 Å². The number of nitrogens with one attached hydrogen (secondary N) is 2. The number of nitrogens with zero attached hydrogens (tertiary/aromatic N) is 1. The Balaban J connectivity index is 2.31. The predicted octanol–water partition coefficient (Wildman–Crippen LogP) is 1.47. The molecule has 0 radical (unpaired) electrons. The quantitative estimate of drug-likeness (QED) is 0.851. The molecule has 1 aromatic rings. The fraction of sp³-hybridized carbons (Fsp3) is 0.583. The summed E-state index contributed by atoms with van der Waals surface area (Å²) < 4.78 is 4.80. The van der Waals surface area contributed by atoms with E-state index in [0.29, 0.717) is 18.0 Å². The molecule has 0 saturated carbocycles. The third kappa shape index (κ3) is 5.47. The van der Waals surface area contributed by atoms with Gasteiger partial charge in [-0.05, 0) is 12.3 Å². The van der Waals surface area contributed by atoms with Crippen LogP contribution < -0.4 is 10.6 Å². The maximum Gasteiger partial charge on any atom is 0.245 e. The molecule has 1 aromatic heterocycles. The number of carbonyl (C=O) groups excluding carboxylic acids is 2. The van der Waals surface area contributed by atoms with Gasteiger partial charge in [0.25, 0.3) is 0 Å². The summed E-state index contributed by atoms with van der Waals surface area (Å²) in [6.07, 6.45) is 0.378. The first-order valence-electron chi connectivity index (χ1n) is 5.76. The van der Waals surface area contributed by atoms with Crippen LogP contribution in [0.4, 0.5) is 5.82 Å². The van der Waals surface area contributed by atoms with Crippen molar-refractivity contribution in [2.45, 2.75) is 34.1 Å². The Labute approximate surface area is 106 Å². The summed E-state index contributed by atoms with van der Waals surface area (Å²) in [5, 5.41) is 8.70. The van der Waals surface area contributed by atoms with Crippen molar-refractivity contribution in [3.05, 3.63) is 11.8 Å². The maximum atomic E-state index is 11.5. The molecule has 0 bridgehead atoms. The second-order valence-electron chi connectivity index (χ2n) is 5.39. The molecule has 0 aliphatic carbocycles. The van der Waals surface area contributed by atoms with Gasteiger partial charge in [0, 0.05) is 12.5 Å². The van der Waals surface area contributed by atoms with Gasteiger partial charge in [-0.15, -0.1) is 0 Å². The number of anilines is 1. The molecule has 0 spiro atoms. The summed E-state index contributed by atoms with van der Waals surface area (Å²) in [4.78, 5) is 23.0. The van der Waals surface area contributed by atoms with Gasteiger partial charge in [-0.1, -0.05) is 25.9 Å². The third-order valence-corrected chi connectivity index (χ3v) is 2.03. The van der Waals surface area contributed by atoms with E-state index in [-0.39, 0.29) is 23.8 Å². The highest BCUT2D eigenvalue weighted by atomic mass is 16.5. The first-order valence-corrected chi connectivity index (χ1v) is 5.76. The molecule has 0 unspecified atom stereocenters. The minimum atomic E-state index is -0.328. The van der Waals surface area contributed by atoms with Crippen molar-refractivity contribution in [2.24, 2.45) is 5.41 Å². The van der Waals surface area contributed by atoms with Crippen molar-refractivity contribution >= 4 is 17.6 Å². The summed E-state index contributed by atoms with van der Waals surface area (Å²) in [5.41, 5.74) is -0.0935. The SMILES string of the molecule is Cc1cc(NC(=O)CNC(=O)CC(C)(C)C)no1. The van der Waals surface area contributed by atoms with Crippen molar-refractivity contribution in [2.75, 3.05) is 11.9 Å². The summed E-state index contributed by atoms with van der Waals surface area (Å²) in [6, 6.07) is 1.61. The highest BCUT2D eigenvalue weighted by Gasteiger charge is 2.16. The average molecular weight is 253 g/mol. The van der Waals surface area contributed by atoms with Crippen LogP contribution in [0, 0.1) is 12.3 Å². The van der Waals surface area contributed by atoms with Crippen LogP contribution in [0.15, 0.2) is 10.6 Å². The zero-order valence-electron chi connectivity index (χ0n) is 11.2. The summed E-state index contributed by atoms with van der Waals surface area (Å²) in [5.74, 6) is 0.490. The second-order valence-corrected chi connectivity index (χ2v) is 5.39. The Kier molecular flexibility index (Phi) is 4.47. The lowest BCUT2D eigenvalue weighted by molar-refractivity contribution is -0.125. The Morgan fingerprint density at radius 2 is 2.00 bits per heavy atom. The summed E-state index contributed by atoms with van der Waals surface area (Å²) in [7, 11) is 0. The summed E-state index contributed by atoms with van der Waals surface area (Å²) >= 11 is 0. The van der Waals surface area contributed by atoms with Crippen molar-refractivity contribution in [3.8, 4) is 0 Å². The Bertz CT molecular complexity index is 432. The first-order chi connectivity index (χ1) is 8.26. The molecule has 2 amide bonds. The van der Waals surface area contributed by atoms with Crippen molar-refractivity contribution in [1.82, 2.24) is 10.5 Å². The highest BCUT2D eigenvalue weighted by Crippen LogP contribution is 2.17. The Morgan fingerprint density at radius 1 is 1.33 bits per heavy atom. The van der Waals surface area contributed by atoms with E-state index < -0.39 is 0 Å². The van der Waals surface area contributed by atoms with Gasteiger partial charge in [0.2, 0.25) is 11.8 Å². The fourth-order valence-electron chi connectivity index (χ4n) is 1.34. The van der Waals surface area contributed by atoms with Gasteiger partial charge >= 0.3 is 0 Å². The zero-order chi connectivity index (χ0) is 13.8. The molecule has 2 N–H and O–H groups in total. The van der Waals surface area contributed by atoms with E-state index in [2.05, 4.69) is 15.8 Å². The Morgan fingerprint density at radius 3 is 2.50 bits per heavy atom. The smallest absolute Gasteiger partial charge is 0.245 e. The molecule has 1 heterocycles.